The summed E-state index contributed by atoms with van der Waals surface area (Å²) in [6, 6.07) is 3.86. The van der Waals surface area contributed by atoms with E-state index in [0.717, 1.165) is 10.8 Å². The van der Waals surface area contributed by atoms with Crippen molar-refractivity contribution in [2.24, 2.45) is 0 Å². The first kappa shape index (κ1) is 18.9. The third kappa shape index (κ3) is 3.26. The lowest BCUT2D eigenvalue weighted by atomic mass is 10.0. The van der Waals surface area contributed by atoms with Crippen molar-refractivity contribution in [2.75, 3.05) is 0 Å². The van der Waals surface area contributed by atoms with E-state index in [1.807, 2.05) is 0 Å². The van der Waals surface area contributed by atoms with E-state index in [0.29, 0.717) is 0 Å². The molecule has 0 atom stereocenters. The molecule has 0 aliphatic rings. The highest BCUT2D eigenvalue weighted by Gasteiger charge is 2.81. The Morgan fingerprint density at radius 1 is 0.864 bits per heavy atom. The molecule has 22 heavy (non-hydrogen) atoms. The summed E-state index contributed by atoms with van der Waals surface area (Å²) in [7, 11) is 0. The molecule has 1 aromatic rings. The van der Waals surface area contributed by atoms with Gasteiger partial charge in [-0.1, -0.05) is 0 Å². The van der Waals surface area contributed by atoms with Crippen LogP contribution in [0, 0.1) is 0 Å². The highest BCUT2D eigenvalue weighted by molar-refractivity contribution is 6.28. The zero-order valence-corrected chi connectivity index (χ0v) is 11.2. The first-order valence-electron chi connectivity index (χ1n) is 5.58. The van der Waals surface area contributed by atoms with Crippen molar-refractivity contribution < 1.29 is 44.1 Å². The van der Waals surface area contributed by atoms with E-state index < -0.39 is 36.9 Å². The molecule has 1 rings (SSSR count). The van der Waals surface area contributed by atoms with E-state index in [9.17, 15) is 39.5 Å². The molecule has 0 spiro atoms. The average Bonchev–Trinajstić information content (AvgIpc) is 2.36. The predicted molar refractivity (Wildman–Crippen MR) is 57.2 cm³/mol. The number of halogens is 10. The van der Waals surface area contributed by atoms with Crippen molar-refractivity contribution in [2.45, 2.75) is 36.9 Å². The molecule has 0 unspecified atom stereocenters. The Balaban J connectivity index is 3.00. The summed E-state index contributed by atoms with van der Waals surface area (Å²) in [5, 5.41) is -0.177. The first-order chi connectivity index (χ1) is 9.74. The van der Waals surface area contributed by atoms with E-state index >= 15 is 0 Å². The van der Waals surface area contributed by atoms with Crippen LogP contribution in [-0.4, -0.2) is 23.9 Å². The molecule has 0 aliphatic carbocycles. The SMILES string of the molecule is FC(F)(F)C(F)(F)C(F)(F)C(F)(F)CC[n+]1ccccc1Cl. The van der Waals surface area contributed by atoms with Gasteiger partial charge in [0.1, 0.15) is 0 Å². The lowest BCUT2D eigenvalue weighted by Crippen LogP contribution is -2.61. The summed E-state index contributed by atoms with van der Waals surface area (Å²) in [6.07, 6.45) is -7.68. The number of aryl methyl sites for hydroxylation is 1. The van der Waals surface area contributed by atoms with Gasteiger partial charge in [-0.25, -0.2) is 0 Å². The molecule has 11 heteroatoms. The Kier molecular flexibility index (Phi) is 4.96. The third-order valence-corrected chi connectivity index (χ3v) is 3.10. The topological polar surface area (TPSA) is 3.88 Å². The molecule has 1 nitrogen and oxygen atoms in total. The standard InChI is InChI=1S/C11H8ClF9N/c12-7-3-1-2-5-22(7)6-4-8(13,14)9(15,16)10(17,18)11(19,20)21/h1-3,5H,4,6H2/q+1. The van der Waals surface area contributed by atoms with Gasteiger partial charge >= 0.3 is 23.9 Å². The van der Waals surface area contributed by atoms with Gasteiger partial charge in [-0.3, -0.25) is 0 Å². The van der Waals surface area contributed by atoms with Crippen molar-refractivity contribution in [1.82, 2.24) is 0 Å². The molecule has 0 aromatic carbocycles. The summed E-state index contributed by atoms with van der Waals surface area (Å²) in [6.45, 7) is -0.976. The molecule has 0 radical (unpaired) electrons. The minimum absolute atomic E-state index is 0.177. The maximum Gasteiger partial charge on any atom is 0.460 e. The number of hydrogen-bond donors (Lipinski definition) is 0. The summed E-state index contributed by atoms with van der Waals surface area (Å²) < 4.78 is 114. The summed E-state index contributed by atoms with van der Waals surface area (Å²) >= 11 is 5.53. The highest BCUT2D eigenvalue weighted by atomic mass is 35.5. The summed E-state index contributed by atoms with van der Waals surface area (Å²) in [5.41, 5.74) is 0. The van der Waals surface area contributed by atoms with Crippen molar-refractivity contribution in [3.8, 4) is 0 Å². The zero-order valence-electron chi connectivity index (χ0n) is 10.5. The molecule has 0 saturated carbocycles. The van der Waals surface area contributed by atoms with Gasteiger partial charge < -0.3 is 0 Å². The van der Waals surface area contributed by atoms with E-state index in [1.165, 1.54) is 18.2 Å². The molecule has 126 valence electrons. The summed E-state index contributed by atoms with van der Waals surface area (Å²) in [4.78, 5) is 0. The molecule has 0 fully saturated rings. The quantitative estimate of drug-likeness (QED) is 0.414. The first-order valence-corrected chi connectivity index (χ1v) is 5.96. The van der Waals surface area contributed by atoms with Crippen molar-refractivity contribution in [1.29, 1.82) is 0 Å². The van der Waals surface area contributed by atoms with Crippen LogP contribution in [0.1, 0.15) is 6.42 Å². The number of nitrogens with zero attached hydrogens (tertiary/aromatic N) is 1. The van der Waals surface area contributed by atoms with Crippen LogP contribution in [0.15, 0.2) is 24.4 Å². The second-order valence-corrected chi connectivity index (χ2v) is 4.70. The van der Waals surface area contributed by atoms with Crippen LogP contribution in [0.4, 0.5) is 39.5 Å². The minimum atomic E-state index is -6.87. The normalized spacial score (nSPS) is 14.3. The van der Waals surface area contributed by atoms with Gasteiger partial charge in [0.15, 0.2) is 12.7 Å². The fraction of sp³-hybridized carbons (Fsp3) is 0.545. The fourth-order valence-electron chi connectivity index (χ4n) is 1.46. The molecule has 1 aromatic heterocycles. The molecule has 0 saturated heterocycles. The zero-order chi connectivity index (χ0) is 17.4. The number of rotatable bonds is 5. The van der Waals surface area contributed by atoms with Crippen LogP contribution >= 0.6 is 11.6 Å². The lowest BCUT2D eigenvalue weighted by Gasteiger charge is -2.33. The summed E-state index contributed by atoms with van der Waals surface area (Å²) in [5.74, 6) is -19.1. The van der Waals surface area contributed by atoms with Crippen molar-refractivity contribution in [3.05, 3.63) is 29.5 Å². The Morgan fingerprint density at radius 3 is 1.86 bits per heavy atom. The van der Waals surface area contributed by atoms with Crippen LogP contribution in [0.3, 0.4) is 0 Å². The van der Waals surface area contributed by atoms with E-state index in [-0.39, 0.29) is 5.15 Å². The van der Waals surface area contributed by atoms with Gasteiger partial charge in [-0.15, -0.1) is 0 Å². The molecular formula is C11H8ClF9N+. The van der Waals surface area contributed by atoms with Gasteiger partial charge in [-0.05, 0) is 17.7 Å². The molecule has 0 amide bonds. The Morgan fingerprint density at radius 2 is 1.41 bits per heavy atom. The lowest BCUT2D eigenvalue weighted by molar-refractivity contribution is -0.698. The van der Waals surface area contributed by atoms with Gasteiger partial charge in [0.05, 0.1) is 6.42 Å². The second kappa shape index (κ2) is 5.78. The molecule has 0 aliphatic heterocycles. The van der Waals surface area contributed by atoms with Gasteiger partial charge in [0, 0.05) is 12.1 Å². The van der Waals surface area contributed by atoms with Crippen LogP contribution in [-0.2, 0) is 6.54 Å². The monoisotopic (exact) mass is 360 g/mol. The van der Waals surface area contributed by atoms with E-state index in [1.54, 1.807) is 0 Å². The smallest absolute Gasteiger partial charge is 0.199 e. The Bertz CT molecular complexity index is 527. The fourth-order valence-corrected chi connectivity index (χ4v) is 1.68. The largest absolute Gasteiger partial charge is 0.460 e. The Hall–Kier alpha value is -1.19. The molecular weight excluding hydrogens is 353 g/mol. The third-order valence-electron chi connectivity index (χ3n) is 2.76. The molecule has 0 N–H and O–H groups in total. The molecule has 0 bridgehead atoms. The number of aromatic nitrogens is 1. The van der Waals surface area contributed by atoms with E-state index in [2.05, 4.69) is 0 Å². The van der Waals surface area contributed by atoms with Crippen LogP contribution in [0.2, 0.25) is 5.15 Å². The van der Waals surface area contributed by atoms with Crippen LogP contribution in [0.5, 0.6) is 0 Å². The van der Waals surface area contributed by atoms with Gasteiger partial charge in [0.25, 0.3) is 5.15 Å². The molecule has 1 heterocycles. The van der Waals surface area contributed by atoms with Crippen LogP contribution < -0.4 is 4.57 Å². The number of alkyl halides is 9. The number of hydrogen-bond acceptors (Lipinski definition) is 0. The predicted octanol–water partition coefficient (Wildman–Crippen LogP) is 4.49. The van der Waals surface area contributed by atoms with Gasteiger partial charge in [0.2, 0.25) is 0 Å². The van der Waals surface area contributed by atoms with Crippen molar-refractivity contribution in [3.63, 3.8) is 0 Å². The van der Waals surface area contributed by atoms with Crippen LogP contribution in [0.25, 0.3) is 0 Å². The number of pyridine rings is 1. The highest BCUT2D eigenvalue weighted by Crippen LogP contribution is 2.53. The maximum absolute atomic E-state index is 13.3. The average molecular weight is 361 g/mol. The maximum atomic E-state index is 13.3. The van der Waals surface area contributed by atoms with E-state index in [4.69, 9.17) is 11.6 Å². The van der Waals surface area contributed by atoms with Crippen molar-refractivity contribution >= 4 is 11.6 Å². The van der Waals surface area contributed by atoms with Gasteiger partial charge in [-0.2, -0.15) is 44.1 Å². The Labute approximate surface area is 123 Å². The minimum Gasteiger partial charge on any atom is -0.199 e. The second-order valence-electron chi connectivity index (χ2n) is 4.32.